The molecule has 3 heterocycles. The molecule has 0 spiro atoms. The van der Waals surface area contributed by atoms with Crippen molar-refractivity contribution in [2.45, 2.75) is 64.8 Å². The summed E-state index contributed by atoms with van der Waals surface area (Å²) in [6, 6.07) is 11.3. The highest BCUT2D eigenvalue weighted by atomic mass is 31.2. The Hall–Kier alpha value is -3.88. The number of nitrogens with one attached hydrogen (secondary N) is 1. The van der Waals surface area contributed by atoms with E-state index in [0.29, 0.717) is 5.39 Å². The van der Waals surface area contributed by atoms with Gasteiger partial charge < -0.3 is 29.6 Å². The van der Waals surface area contributed by atoms with Crippen molar-refractivity contribution in [3.63, 3.8) is 0 Å². The fourth-order valence-electron chi connectivity index (χ4n) is 4.95. The van der Waals surface area contributed by atoms with E-state index in [4.69, 9.17) is 29.0 Å². The topological polar surface area (TPSA) is 182 Å². The van der Waals surface area contributed by atoms with Crippen molar-refractivity contribution in [1.29, 1.82) is 0 Å². The number of hydrogen-bond acceptors (Lipinski definition) is 12. The van der Waals surface area contributed by atoms with Gasteiger partial charge >= 0.3 is 13.7 Å². The Labute approximate surface area is 264 Å². The molecule has 1 saturated heterocycles. The average molecular weight is 661 g/mol. The number of aromatic nitrogens is 4. The lowest BCUT2D eigenvalue weighted by Crippen LogP contribution is -2.42. The van der Waals surface area contributed by atoms with Crippen molar-refractivity contribution in [2.24, 2.45) is 5.41 Å². The SMILES string of the molecule is COc1nc(N)nc2c1ncn2[C@@H]1O[C@H](COP(=O)(N[C@@H](C)C(=O)OCC(C)(C)C)Oc2cccc3ccccc23)[C@@H](F)[C@@]1(C)O. The molecule has 5 rings (SSSR count). The summed E-state index contributed by atoms with van der Waals surface area (Å²) in [4.78, 5) is 25.2. The second-order valence-corrected chi connectivity index (χ2v) is 14.1. The van der Waals surface area contributed by atoms with Crippen LogP contribution < -0.4 is 20.1 Å². The monoisotopic (exact) mass is 660 g/mol. The predicted octanol–water partition coefficient (Wildman–Crippen LogP) is 4.33. The van der Waals surface area contributed by atoms with Gasteiger partial charge in [-0.3, -0.25) is 13.9 Å². The van der Waals surface area contributed by atoms with Crippen molar-refractivity contribution in [3.8, 4) is 11.6 Å². The van der Waals surface area contributed by atoms with E-state index >= 15 is 4.39 Å². The third kappa shape index (κ3) is 6.93. The first kappa shape index (κ1) is 33.5. The van der Waals surface area contributed by atoms with Gasteiger partial charge in [-0.15, -0.1) is 0 Å². The summed E-state index contributed by atoms with van der Waals surface area (Å²) in [5.41, 5.74) is 3.75. The lowest BCUT2D eigenvalue weighted by atomic mass is 9.98. The number of fused-ring (bicyclic) bond motifs is 2. The van der Waals surface area contributed by atoms with E-state index in [1.54, 1.807) is 24.3 Å². The molecule has 1 fully saturated rings. The minimum absolute atomic E-state index is 0.0864. The number of hydrogen-bond donors (Lipinski definition) is 3. The number of aliphatic hydroxyl groups is 1. The highest BCUT2D eigenvalue weighted by Gasteiger charge is 2.55. The van der Waals surface area contributed by atoms with Gasteiger partial charge in [-0.05, 0) is 30.7 Å². The van der Waals surface area contributed by atoms with Crippen LogP contribution in [0.3, 0.4) is 0 Å². The van der Waals surface area contributed by atoms with Gasteiger partial charge in [0.05, 0.1) is 26.7 Å². The first-order chi connectivity index (χ1) is 21.6. The lowest BCUT2D eigenvalue weighted by Gasteiger charge is -2.26. The maximum absolute atomic E-state index is 15.8. The van der Waals surface area contributed by atoms with E-state index in [1.807, 2.05) is 39.0 Å². The van der Waals surface area contributed by atoms with Gasteiger partial charge in [-0.1, -0.05) is 57.2 Å². The van der Waals surface area contributed by atoms with Crippen LogP contribution in [0.1, 0.15) is 40.8 Å². The number of alkyl halides is 1. The number of rotatable bonds is 11. The van der Waals surface area contributed by atoms with Crippen LogP contribution in [0.4, 0.5) is 10.3 Å². The third-order valence-electron chi connectivity index (χ3n) is 7.27. The minimum atomic E-state index is -4.43. The van der Waals surface area contributed by atoms with E-state index < -0.39 is 50.5 Å². The molecule has 14 nitrogen and oxygen atoms in total. The number of methoxy groups -OCH3 is 1. The van der Waals surface area contributed by atoms with Crippen LogP contribution in [0.25, 0.3) is 21.9 Å². The number of esters is 1. The smallest absolute Gasteiger partial charge is 0.459 e. The number of carbonyl (C=O) groups excluding carboxylic acids is 1. The third-order valence-corrected chi connectivity index (χ3v) is 8.90. The van der Waals surface area contributed by atoms with Gasteiger partial charge in [0.2, 0.25) is 11.8 Å². The quantitative estimate of drug-likeness (QED) is 0.153. The van der Waals surface area contributed by atoms with Crippen LogP contribution in [0, 0.1) is 5.41 Å². The van der Waals surface area contributed by atoms with E-state index in [-0.39, 0.29) is 40.8 Å². The second kappa shape index (κ2) is 12.7. The van der Waals surface area contributed by atoms with Gasteiger partial charge in [-0.25, -0.2) is 13.9 Å². The number of imidazole rings is 1. The van der Waals surface area contributed by atoms with Crippen LogP contribution in [0.2, 0.25) is 0 Å². The Morgan fingerprint density at radius 2 is 1.96 bits per heavy atom. The highest BCUT2D eigenvalue weighted by molar-refractivity contribution is 7.52. The van der Waals surface area contributed by atoms with Crippen molar-refractivity contribution in [1.82, 2.24) is 24.6 Å². The Kier molecular flexibility index (Phi) is 9.26. The highest BCUT2D eigenvalue weighted by Crippen LogP contribution is 2.49. The summed E-state index contributed by atoms with van der Waals surface area (Å²) in [5.74, 6) is -0.529. The van der Waals surface area contributed by atoms with Crippen molar-refractivity contribution in [3.05, 3.63) is 48.8 Å². The maximum Gasteiger partial charge on any atom is 0.459 e. The van der Waals surface area contributed by atoms with Gasteiger partial charge in [0.1, 0.15) is 23.5 Å². The lowest BCUT2D eigenvalue weighted by molar-refractivity contribution is -0.148. The molecule has 248 valence electrons. The van der Waals surface area contributed by atoms with Gasteiger partial charge in [0.15, 0.2) is 23.6 Å². The number of nitrogens with two attached hydrogens (primary N) is 1. The van der Waals surface area contributed by atoms with E-state index in [0.717, 1.165) is 5.39 Å². The second-order valence-electron chi connectivity index (χ2n) is 12.5. The van der Waals surface area contributed by atoms with Crippen LogP contribution >= 0.6 is 7.75 Å². The summed E-state index contributed by atoms with van der Waals surface area (Å²) in [6.45, 7) is 7.88. The van der Waals surface area contributed by atoms with Crippen LogP contribution in [-0.2, 0) is 23.4 Å². The van der Waals surface area contributed by atoms with Gasteiger partial charge in [0, 0.05) is 5.39 Å². The van der Waals surface area contributed by atoms with Crippen LogP contribution in [0.5, 0.6) is 11.6 Å². The molecule has 46 heavy (non-hydrogen) atoms. The number of ether oxygens (including phenoxy) is 3. The predicted molar refractivity (Wildman–Crippen MR) is 167 cm³/mol. The largest absolute Gasteiger partial charge is 0.479 e. The molecule has 0 saturated carbocycles. The summed E-state index contributed by atoms with van der Waals surface area (Å²) >= 11 is 0. The number of nitrogen functional groups attached to an aromatic ring is 1. The molecule has 1 unspecified atom stereocenters. The normalized spacial score (nSPS) is 23.7. The Morgan fingerprint density at radius 1 is 1.24 bits per heavy atom. The standard InChI is InChI=1S/C30H38FN6O8P/c1-17(26(38)42-15-29(2,3)4)36-46(40,45-20-13-9-11-18-10-7-8-12-19(18)20)43-14-21-23(31)30(5,39)27(44-21)37-16-33-22-24(37)34-28(32)35-25(22)41-6/h7-13,16-17,21,23,27,39H,14-15H2,1-6H3,(H,36,40)(H2,32,34,35)/t17-,21+,23+,27+,30+,46?/m0/s1. The molecule has 1 aliphatic rings. The number of benzene rings is 2. The molecule has 0 amide bonds. The summed E-state index contributed by atoms with van der Waals surface area (Å²) in [7, 11) is -3.05. The maximum atomic E-state index is 15.8. The Balaban J connectivity index is 1.40. The molecule has 6 atom stereocenters. The number of carbonyl (C=O) groups is 1. The fourth-order valence-corrected chi connectivity index (χ4v) is 6.47. The Morgan fingerprint density at radius 3 is 2.67 bits per heavy atom. The molecule has 16 heteroatoms. The van der Waals surface area contributed by atoms with Crippen molar-refractivity contribution < 1.29 is 42.1 Å². The van der Waals surface area contributed by atoms with Crippen LogP contribution in [-0.4, -0.2) is 74.8 Å². The molecule has 0 radical (unpaired) electrons. The van der Waals surface area contributed by atoms with Gasteiger partial charge in [-0.2, -0.15) is 15.1 Å². The zero-order valence-corrected chi connectivity index (χ0v) is 27.2. The van der Waals surface area contributed by atoms with Gasteiger partial charge in [0.25, 0.3) is 0 Å². The summed E-state index contributed by atoms with van der Waals surface area (Å²) in [5, 5.41) is 15.3. The molecule has 4 aromatic rings. The number of nitrogens with zero attached hydrogens (tertiary/aromatic N) is 4. The molecule has 2 aromatic carbocycles. The minimum Gasteiger partial charge on any atom is -0.479 e. The van der Waals surface area contributed by atoms with Crippen molar-refractivity contribution >= 4 is 41.6 Å². The Bertz CT molecular complexity index is 1770. The zero-order chi connectivity index (χ0) is 33.4. The molecule has 0 bridgehead atoms. The van der Waals surface area contributed by atoms with E-state index in [1.165, 1.54) is 31.9 Å². The van der Waals surface area contributed by atoms with E-state index in [2.05, 4.69) is 20.0 Å². The van der Waals surface area contributed by atoms with E-state index in [9.17, 15) is 14.5 Å². The zero-order valence-electron chi connectivity index (χ0n) is 26.3. The first-order valence-electron chi connectivity index (χ1n) is 14.5. The fraction of sp³-hybridized carbons (Fsp3) is 0.467. The average Bonchev–Trinajstić information content (AvgIpc) is 3.51. The van der Waals surface area contributed by atoms with Crippen LogP contribution in [0.15, 0.2) is 48.8 Å². The molecular weight excluding hydrogens is 622 g/mol. The van der Waals surface area contributed by atoms with Crippen molar-refractivity contribution in [2.75, 3.05) is 26.1 Å². The summed E-state index contributed by atoms with van der Waals surface area (Å²) < 4.78 is 59.7. The molecule has 1 aliphatic heterocycles. The first-order valence-corrected chi connectivity index (χ1v) is 16.1. The number of halogens is 1. The number of anilines is 1. The summed E-state index contributed by atoms with van der Waals surface area (Å²) in [6.07, 6.45) is -3.53. The molecular formula is C30H38FN6O8P. The molecule has 0 aliphatic carbocycles. The molecule has 2 aromatic heterocycles. The molecule has 4 N–H and O–H groups in total.